The second-order valence-electron chi connectivity index (χ2n) is 4.59. The monoisotopic (exact) mass is 288 g/mol. The Balaban J connectivity index is 2.06. The Hall–Kier alpha value is -2.00. The van der Waals surface area contributed by atoms with Gasteiger partial charge in [0.2, 0.25) is 0 Å². The zero-order valence-corrected chi connectivity index (χ0v) is 12.3. The molecule has 0 bridgehead atoms. The SMILES string of the molecule is CNC(=O)c1ccc(NCc2ccc(Cl)cc2)c(C)c1. The molecule has 0 fully saturated rings. The molecule has 2 rings (SSSR count). The van der Waals surface area contributed by atoms with Crippen molar-refractivity contribution in [3.63, 3.8) is 0 Å². The molecule has 0 heterocycles. The average molecular weight is 289 g/mol. The van der Waals surface area contributed by atoms with Crippen molar-refractivity contribution in [2.24, 2.45) is 0 Å². The van der Waals surface area contributed by atoms with Gasteiger partial charge in [0.1, 0.15) is 0 Å². The molecule has 0 unspecified atom stereocenters. The first-order chi connectivity index (χ1) is 9.60. The van der Waals surface area contributed by atoms with E-state index in [1.807, 2.05) is 49.4 Å². The van der Waals surface area contributed by atoms with Gasteiger partial charge in [-0.2, -0.15) is 0 Å². The molecule has 2 aromatic carbocycles. The van der Waals surface area contributed by atoms with Gasteiger partial charge in [-0.05, 0) is 48.4 Å². The van der Waals surface area contributed by atoms with Gasteiger partial charge in [0.25, 0.3) is 5.91 Å². The number of hydrogen-bond donors (Lipinski definition) is 2. The predicted molar refractivity (Wildman–Crippen MR) is 83.3 cm³/mol. The first kappa shape index (κ1) is 14.4. The second-order valence-corrected chi connectivity index (χ2v) is 5.03. The summed E-state index contributed by atoms with van der Waals surface area (Å²) in [6.07, 6.45) is 0. The highest BCUT2D eigenvalue weighted by atomic mass is 35.5. The van der Waals surface area contributed by atoms with Crippen molar-refractivity contribution < 1.29 is 4.79 Å². The van der Waals surface area contributed by atoms with Crippen LogP contribution >= 0.6 is 11.6 Å². The van der Waals surface area contributed by atoms with Gasteiger partial charge in [0.05, 0.1) is 0 Å². The summed E-state index contributed by atoms with van der Waals surface area (Å²) in [6.45, 7) is 2.70. The molecule has 0 radical (unpaired) electrons. The molecule has 0 aliphatic carbocycles. The zero-order valence-electron chi connectivity index (χ0n) is 11.5. The zero-order chi connectivity index (χ0) is 14.5. The molecule has 0 spiro atoms. The van der Waals surface area contributed by atoms with Crippen LogP contribution < -0.4 is 10.6 Å². The van der Waals surface area contributed by atoms with E-state index in [2.05, 4.69) is 10.6 Å². The smallest absolute Gasteiger partial charge is 0.251 e. The van der Waals surface area contributed by atoms with Crippen LogP contribution in [0.3, 0.4) is 0 Å². The summed E-state index contributed by atoms with van der Waals surface area (Å²) in [5.41, 5.74) is 3.89. The topological polar surface area (TPSA) is 41.1 Å². The number of nitrogens with one attached hydrogen (secondary N) is 2. The molecule has 0 aliphatic heterocycles. The molecule has 0 saturated heterocycles. The number of carbonyl (C=O) groups is 1. The molecule has 20 heavy (non-hydrogen) atoms. The van der Waals surface area contributed by atoms with Crippen molar-refractivity contribution in [1.29, 1.82) is 0 Å². The van der Waals surface area contributed by atoms with E-state index in [-0.39, 0.29) is 5.91 Å². The second kappa shape index (κ2) is 6.44. The van der Waals surface area contributed by atoms with Gasteiger partial charge < -0.3 is 10.6 Å². The number of rotatable bonds is 4. The molecular formula is C16H17ClN2O. The van der Waals surface area contributed by atoms with Gasteiger partial charge >= 0.3 is 0 Å². The first-order valence-electron chi connectivity index (χ1n) is 6.41. The average Bonchev–Trinajstić information content (AvgIpc) is 2.46. The third-order valence-electron chi connectivity index (χ3n) is 3.11. The minimum Gasteiger partial charge on any atom is -0.381 e. The first-order valence-corrected chi connectivity index (χ1v) is 6.79. The maximum Gasteiger partial charge on any atom is 0.251 e. The Morgan fingerprint density at radius 1 is 1.15 bits per heavy atom. The molecule has 0 atom stereocenters. The van der Waals surface area contributed by atoms with E-state index in [9.17, 15) is 4.79 Å². The molecule has 0 saturated carbocycles. The van der Waals surface area contributed by atoms with Crippen molar-refractivity contribution in [1.82, 2.24) is 5.32 Å². The summed E-state index contributed by atoms with van der Waals surface area (Å²) in [4.78, 5) is 11.5. The van der Waals surface area contributed by atoms with Gasteiger partial charge in [0.15, 0.2) is 0 Å². The highest BCUT2D eigenvalue weighted by Crippen LogP contribution is 2.18. The van der Waals surface area contributed by atoms with E-state index in [0.29, 0.717) is 5.56 Å². The Kier molecular flexibility index (Phi) is 4.64. The number of carbonyl (C=O) groups excluding carboxylic acids is 1. The Bertz CT molecular complexity index is 608. The van der Waals surface area contributed by atoms with E-state index < -0.39 is 0 Å². The number of aryl methyl sites for hydroxylation is 1. The molecule has 104 valence electrons. The lowest BCUT2D eigenvalue weighted by Crippen LogP contribution is -2.17. The minimum absolute atomic E-state index is 0.0719. The molecule has 2 N–H and O–H groups in total. The summed E-state index contributed by atoms with van der Waals surface area (Å²) in [7, 11) is 1.63. The lowest BCUT2D eigenvalue weighted by molar-refractivity contribution is 0.0963. The number of amides is 1. The van der Waals surface area contributed by atoms with Crippen LogP contribution in [0.1, 0.15) is 21.5 Å². The highest BCUT2D eigenvalue weighted by Gasteiger charge is 2.05. The maximum absolute atomic E-state index is 11.5. The third-order valence-corrected chi connectivity index (χ3v) is 3.36. The van der Waals surface area contributed by atoms with Gasteiger partial charge in [-0.25, -0.2) is 0 Å². The summed E-state index contributed by atoms with van der Waals surface area (Å²) in [6, 6.07) is 13.3. The predicted octanol–water partition coefficient (Wildman–Crippen LogP) is 3.62. The molecule has 0 aromatic heterocycles. The van der Waals surface area contributed by atoms with E-state index in [1.165, 1.54) is 0 Å². The van der Waals surface area contributed by atoms with Crippen LogP contribution in [0, 0.1) is 6.92 Å². The van der Waals surface area contributed by atoms with Crippen molar-refractivity contribution in [2.75, 3.05) is 12.4 Å². The van der Waals surface area contributed by atoms with Gasteiger partial charge in [0, 0.05) is 29.9 Å². The van der Waals surface area contributed by atoms with Gasteiger partial charge in [-0.15, -0.1) is 0 Å². The van der Waals surface area contributed by atoms with E-state index in [4.69, 9.17) is 11.6 Å². The van der Waals surface area contributed by atoms with E-state index in [0.717, 1.165) is 28.4 Å². The number of hydrogen-bond acceptors (Lipinski definition) is 2. The van der Waals surface area contributed by atoms with E-state index >= 15 is 0 Å². The van der Waals surface area contributed by atoms with Gasteiger partial charge in [-0.1, -0.05) is 23.7 Å². The van der Waals surface area contributed by atoms with Crippen LogP contribution in [0.4, 0.5) is 5.69 Å². The molecule has 2 aromatic rings. The van der Waals surface area contributed by atoms with Gasteiger partial charge in [-0.3, -0.25) is 4.79 Å². The fourth-order valence-electron chi connectivity index (χ4n) is 1.95. The van der Waals surface area contributed by atoms with Crippen LogP contribution in [-0.4, -0.2) is 13.0 Å². The van der Waals surface area contributed by atoms with Crippen LogP contribution in [0.5, 0.6) is 0 Å². The molecule has 1 amide bonds. The summed E-state index contributed by atoms with van der Waals surface area (Å²) >= 11 is 5.86. The quantitative estimate of drug-likeness (QED) is 0.902. The molecular weight excluding hydrogens is 272 g/mol. The lowest BCUT2D eigenvalue weighted by atomic mass is 10.1. The fourth-order valence-corrected chi connectivity index (χ4v) is 2.07. The van der Waals surface area contributed by atoms with Crippen molar-refractivity contribution >= 4 is 23.2 Å². The highest BCUT2D eigenvalue weighted by molar-refractivity contribution is 6.30. The van der Waals surface area contributed by atoms with E-state index in [1.54, 1.807) is 7.05 Å². The number of benzene rings is 2. The maximum atomic E-state index is 11.5. The van der Waals surface area contributed by atoms with Crippen LogP contribution in [0.25, 0.3) is 0 Å². The standard InChI is InChI=1S/C16H17ClN2O/c1-11-9-13(16(20)18-2)5-8-15(11)19-10-12-3-6-14(17)7-4-12/h3-9,19H,10H2,1-2H3,(H,18,20). The summed E-state index contributed by atoms with van der Waals surface area (Å²) < 4.78 is 0. The lowest BCUT2D eigenvalue weighted by Gasteiger charge is -2.11. The van der Waals surface area contributed by atoms with Crippen molar-refractivity contribution in [3.8, 4) is 0 Å². The normalized spacial score (nSPS) is 10.2. The van der Waals surface area contributed by atoms with Crippen LogP contribution in [0.2, 0.25) is 5.02 Å². The number of halogens is 1. The Morgan fingerprint density at radius 2 is 1.85 bits per heavy atom. The molecule has 3 nitrogen and oxygen atoms in total. The molecule has 0 aliphatic rings. The minimum atomic E-state index is -0.0719. The number of anilines is 1. The van der Waals surface area contributed by atoms with Crippen molar-refractivity contribution in [2.45, 2.75) is 13.5 Å². The Morgan fingerprint density at radius 3 is 2.45 bits per heavy atom. The van der Waals surface area contributed by atoms with Crippen molar-refractivity contribution in [3.05, 3.63) is 64.2 Å². The summed E-state index contributed by atoms with van der Waals surface area (Å²) in [5, 5.41) is 6.71. The largest absolute Gasteiger partial charge is 0.381 e. The third kappa shape index (κ3) is 3.52. The Labute approximate surface area is 124 Å². The fraction of sp³-hybridized carbons (Fsp3) is 0.188. The summed E-state index contributed by atoms with van der Waals surface area (Å²) in [5.74, 6) is -0.0719. The van der Waals surface area contributed by atoms with Crippen LogP contribution in [-0.2, 0) is 6.54 Å². The molecule has 4 heteroatoms. The van der Waals surface area contributed by atoms with Crippen LogP contribution in [0.15, 0.2) is 42.5 Å².